The maximum atomic E-state index is 12.7. The first-order valence-electron chi connectivity index (χ1n) is 6.26. The Hall–Kier alpha value is -0.930. The first-order valence-corrected chi connectivity index (χ1v) is 6.26. The van der Waals surface area contributed by atoms with Crippen molar-refractivity contribution in [3.8, 4) is 0 Å². The Morgan fingerprint density at radius 3 is 2.47 bits per heavy atom. The Morgan fingerprint density at radius 1 is 1.24 bits per heavy atom. The standard InChI is InChI=1S/C14H23FN2/c1-12(16)9-11-17(2)10-3-4-13-5-7-14(15)8-6-13/h5-8,12H,3-4,9-11,16H2,1-2H3/t12-/m1/s1. The average Bonchev–Trinajstić information content (AvgIpc) is 2.29. The van der Waals surface area contributed by atoms with Crippen LogP contribution in [0.15, 0.2) is 24.3 Å². The van der Waals surface area contributed by atoms with Crippen molar-refractivity contribution in [2.24, 2.45) is 5.73 Å². The molecule has 3 heteroatoms. The van der Waals surface area contributed by atoms with E-state index in [1.807, 2.05) is 19.1 Å². The van der Waals surface area contributed by atoms with Gasteiger partial charge in [0.1, 0.15) is 5.82 Å². The highest BCUT2D eigenvalue weighted by molar-refractivity contribution is 5.15. The second-order valence-electron chi connectivity index (χ2n) is 4.80. The molecule has 0 aromatic heterocycles. The van der Waals surface area contributed by atoms with Crippen LogP contribution in [0.5, 0.6) is 0 Å². The molecule has 0 aliphatic rings. The van der Waals surface area contributed by atoms with Crippen LogP contribution in [-0.4, -0.2) is 31.1 Å². The molecule has 2 nitrogen and oxygen atoms in total. The SMILES string of the molecule is C[C@@H](N)CCN(C)CCCc1ccc(F)cc1. The summed E-state index contributed by atoms with van der Waals surface area (Å²) in [5.41, 5.74) is 6.91. The normalized spacial score (nSPS) is 13.0. The van der Waals surface area contributed by atoms with Crippen LogP contribution in [0.4, 0.5) is 4.39 Å². The van der Waals surface area contributed by atoms with E-state index in [-0.39, 0.29) is 11.9 Å². The van der Waals surface area contributed by atoms with Crippen LogP contribution >= 0.6 is 0 Å². The van der Waals surface area contributed by atoms with Gasteiger partial charge in [-0.05, 0) is 64.0 Å². The maximum Gasteiger partial charge on any atom is 0.123 e. The van der Waals surface area contributed by atoms with Crippen molar-refractivity contribution in [3.05, 3.63) is 35.6 Å². The monoisotopic (exact) mass is 238 g/mol. The van der Waals surface area contributed by atoms with Gasteiger partial charge in [0.2, 0.25) is 0 Å². The van der Waals surface area contributed by atoms with Crippen molar-refractivity contribution < 1.29 is 4.39 Å². The lowest BCUT2D eigenvalue weighted by Gasteiger charge is -2.17. The molecule has 0 saturated heterocycles. The smallest absolute Gasteiger partial charge is 0.123 e. The van der Waals surface area contributed by atoms with Crippen LogP contribution < -0.4 is 5.73 Å². The molecule has 0 amide bonds. The Balaban J connectivity index is 2.16. The Bertz CT molecular complexity index is 309. The summed E-state index contributed by atoms with van der Waals surface area (Å²) in [4.78, 5) is 2.30. The number of benzene rings is 1. The molecule has 0 spiro atoms. The van der Waals surface area contributed by atoms with Crippen LogP contribution in [-0.2, 0) is 6.42 Å². The fourth-order valence-electron chi connectivity index (χ4n) is 1.74. The minimum atomic E-state index is -0.164. The molecule has 2 N–H and O–H groups in total. The lowest BCUT2D eigenvalue weighted by molar-refractivity contribution is 0.316. The van der Waals surface area contributed by atoms with Crippen molar-refractivity contribution in [1.29, 1.82) is 0 Å². The first kappa shape index (κ1) is 14.1. The second kappa shape index (κ2) is 7.41. The molecular weight excluding hydrogens is 215 g/mol. The Labute approximate surface area is 104 Å². The highest BCUT2D eigenvalue weighted by atomic mass is 19.1. The zero-order valence-electron chi connectivity index (χ0n) is 10.8. The summed E-state index contributed by atoms with van der Waals surface area (Å²) in [6, 6.07) is 7.04. The summed E-state index contributed by atoms with van der Waals surface area (Å²) in [5, 5.41) is 0. The Morgan fingerprint density at radius 2 is 1.88 bits per heavy atom. The number of rotatable bonds is 7. The van der Waals surface area contributed by atoms with E-state index in [0.29, 0.717) is 0 Å². The fourth-order valence-corrected chi connectivity index (χ4v) is 1.74. The van der Waals surface area contributed by atoms with Gasteiger partial charge in [0.15, 0.2) is 0 Å². The summed E-state index contributed by atoms with van der Waals surface area (Å²) < 4.78 is 12.7. The van der Waals surface area contributed by atoms with Gasteiger partial charge in [0.05, 0.1) is 0 Å². The summed E-state index contributed by atoms with van der Waals surface area (Å²) in [7, 11) is 2.12. The van der Waals surface area contributed by atoms with Crippen LogP contribution in [0.25, 0.3) is 0 Å². The number of nitrogens with two attached hydrogens (primary N) is 1. The third kappa shape index (κ3) is 6.39. The number of halogens is 1. The van der Waals surface area contributed by atoms with E-state index in [0.717, 1.165) is 32.4 Å². The number of nitrogens with zero attached hydrogens (tertiary/aromatic N) is 1. The van der Waals surface area contributed by atoms with Crippen molar-refractivity contribution in [3.63, 3.8) is 0 Å². The van der Waals surface area contributed by atoms with Crippen molar-refractivity contribution >= 4 is 0 Å². The summed E-state index contributed by atoms with van der Waals surface area (Å²) in [5.74, 6) is -0.164. The lowest BCUT2D eigenvalue weighted by atomic mass is 10.1. The largest absolute Gasteiger partial charge is 0.328 e. The molecular formula is C14H23FN2. The molecule has 0 aliphatic carbocycles. The Kier molecular flexibility index (Phi) is 6.16. The zero-order valence-corrected chi connectivity index (χ0v) is 10.8. The number of hydrogen-bond acceptors (Lipinski definition) is 2. The van der Waals surface area contributed by atoms with Crippen molar-refractivity contribution in [2.45, 2.75) is 32.2 Å². The quantitative estimate of drug-likeness (QED) is 0.790. The van der Waals surface area contributed by atoms with Gasteiger partial charge in [-0.1, -0.05) is 12.1 Å². The summed E-state index contributed by atoms with van der Waals surface area (Å²) >= 11 is 0. The van der Waals surface area contributed by atoms with Crippen LogP contribution in [0.1, 0.15) is 25.3 Å². The van der Waals surface area contributed by atoms with Gasteiger partial charge in [-0.3, -0.25) is 0 Å². The van der Waals surface area contributed by atoms with Crippen molar-refractivity contribution in [2.75, 3.05) is 20.1 Å². The van der Waals surface area contributed by atoms with Gasteiger partial charge in [-0.25, -0.2) is 4.39 Å². The van der Waals surface area contributed by atoms with E-state index in [1.54, 1.807) is 0 Å². The molecule has 0 saturated carbocycles. The lowest BCUT2D eigenvalue weighted by Crippen LogP contribution is -2.27. The van der Waals surface area contributed by atoms with Gasteiger partial charge in [0.25, 0.3) is 0 Å². The summed E-state index contributed by atoms with van der Waals surface area (Å²) in [6.45, 7) is 4.14. The molecule has 0 unspecified atom stereocenters. The van der Waals surface area contributed by atoms with E-state index in [2.05, 4.69) is 11.9 Å². The minimum absolute atomic E-state index is 0.164. The van der Waals surface area contributed by atoms with Crippen LogP contribution in [0.3, 0.4) is 0 Å². The highest BCUT2D eigenvalue weighted by Gasteiger charge is 2.01. The maximum absolute atomic E-state index is 12.7. The van der Waals surface area contributed by atoms with Gasteiger partial charge in [0, 0.05) is 6.04 Å². The van der Waals surface area contributed by atoms with Crippen LogP contribution in [0, 0.1) is 5.82 Å². The third-order valence-electron chi connectivity index (χ3n) is 2.88. The van der Waals surface area contributed by atoms with Gasteiger partial charge in [-0.2, -0.15) is 0 Å². The molecule has 1 aromatic rings. The van der Waals surface area contributed by atoms with E-state index in [9.17, 15) is 4.39 Å². The van der Waals surface area contributed by atoms with Gasteiger partial charge < -0.3 is 10.6 Å². The van der Waals surface area contributed by atoms with Gasteiger partial charge >= 0.3 is 0 Å². The van der Waals surface area contributed by atoms with E-state index < -0.39 is 0 Å². The van der Waals surface area contributed by atoms with Crippen LogP contribution in [0.2, 0.25) is 0 Å². The van der Waals surface area contributed by atoms with Gasteiger partial charge in [-0.15, -0.1) is 0 Å². The molecule has 0 radical (unpaired) electrons. The first-order chi connectivity index (χ1) is 8.08. The van der Waals surface area contributed by atoms with Crippen molar-refractivity contribution in [1.82, 2.24) is 4.90 Å². The molecule has 1 atom stereocenters. The zero-order chi connectivity index (χ0) is 12.7. The predicted molar refractivity (Wildman–Crippen MR) is 70.5 cm³/mol. The van der Waals surface area contributed by atoms with E-state index in [1.165, 1.54) is 17.7 Å². The molecule has 0 heterocycles. The minimum Gasteiger partial charge on any atom is -0.328 e. The molecule has 0 bridgehead atoms. The number of aryl methyl sites for hydroxylation is 1. The highest BCUT2D eigenvalue weighted by Crippen LogP contribution is 2.06. The topological polar surface area (TPSA) is 29.3 Å². The molecule has 96 valence electrons. The predicted octanol–water partition coefficient (Wildman–Crippen LogP) is 2.43. The average molecular weight is 238 g/mol. The molecule has 1 aromatic carbocycles. The molecule has 17 heavy (non-hydrogen) atoms. The fraction of sp³-hybridized carbons (Fsp3) is 0.571. The molecule has 0 fully saturated rings. The van der Waals surface area contributed by atoms with E-state index in [4.69, 9.17) is 5.73 Å². The summed E-state index contributed by atoms with van der Waals surface area (Å²) in [6.07, 6.45) is 3.14. The molecule has 0 aliphatic heterocycles. The molecule has 1 rings (SSSR count). The second-order valence-corrected chi connectivity index (χ2v) is 4.80. The third-order valence-corrected chi connectivity index (χ3v) is 2.88. The number of hydrogen-bond donors (Lipinski definition) is 1. The van der Waals surface area contributed by atoms with E-state index >= 15 is 0 Å².